The molecular weight excluding hydrogens is 370 g/mol. The van der Waals surface area contributed by atoms with Crippen LogP contribution in [0.2, 0.25) is 0 Å². The predicted molar refractivity (Wildman–Crippen MR) is 107 cm³/mol. The highest BCUT2D eigenvalue weighted by atomic mass is 16.6. The molecule has 0 N–H and O–H groups in total. The first kappa shape index (κ1) is 20.6. The molecule has 0 aliphatic carbocycles. The van der Waals surface area contributed by atoms with E-state index in [1.54, 1.807) is 24.3 Å². The Bertz CT molecular complexity index is 870. The first-order valence-electron chi connectivity index (χ1n) is 9.53. The molecule has 0 unspecified atom stereocenters. The molecule has 2 aromatic carbocycles. The first-order chi connectivity index (χ1) is 13.8. The Morgan fingerprint density at radius 2 is 1.72 bits per heavy atom. The summed E-state index contributed by atoms with van der Waals surface area (Å²) in [5.41, 5.74) is 1.76. The van der Waals surface area contributed by atoms with Crippen LogP contribution in [-0.2, 0) is 27.3 Å². The fourth-order valence-electron chi connectivity index (χ4n) is 3.27. The number of carbonyl (C=O) groups excluding carboxylic acids is 3. The topological polar surface area (TPSA) is 72.9 Å². The van der Waals surface area contributed by atoms with Gasteiger partial charge >= 0.3 is 12.1 Å². The third-order valence-corrected chi connectivity index (χ3v) is 4.79. The Kier molecular flexibility index (Phi) is 6.01. The van der Waals surface area contributed by atoms with E-state index in [-0.39, 0.29) is 13.0 Å². The SMILES string of the molecule is CC(C)(C)[C@@H]1OC(=O)[C@@H](Cc2ccc(C=O)cc2)N1C(=O)OCc1ccccc1. The van der Waals surface area contributed by atoms with Crippen LogP contribution in [0.4, 0.5) is 4.79 Å². The molecule has 1 saturated heterocycles. The van der Waals surface area contributed by atoms with E-state index in [1.165, 1.54) is 4.90 Å². The summed E-state index contributed by atoms with van der Waals surface area (Å²) in [6.45, 7) is 5.83. The molecule has 2 atom stereocenters. The summed E-state index contributed by atoms with van der Waals surface area (Å²) in [4.78, 5) is 37.8. The van der Waals surface area contributed by atoms with E-state index in [4.69, 9.17) is 9.47 Å². The summed E-state index contributed by atoms with van der Waals surface area (Å²) in [5.74, 6) is -0.457. The summed E-state index contributed by atoms with van der Waals surface area (Å²) in [6, 6.07) is 15.5. The second kappa shape index (κ2) is 8.47. The van der Waals surface area contributed by atoms with Crippen molar-refractivity contribution in [2.45, 2.75) is 46.1 Å². The number of amides is 1. The molecule has 2 aromatic rings. The average molecular weight is 395 g/mol. The molecule has 6 nitrogen and oxygen atoms in total. The van der Waals surface area contributed by atoms with Gasteiger partial charge in [-0.3, -0.25) is 9.69 Å². The van der Waals surface area contributed by atoms with Gasteiger partial charge in [0.15, 0.2) is 6.23 Å². The lowest BCUT2D eigenvalue weighted by atomic mass is 9.93. The highest BCUT2D eigenvalue weighted by Crippen LogP contribution is 2.34. The van der Waals surface area contributed by atoms with E-state index in [2.05, 4.69) is 0 Å². The Hall–Kier alpha value is -3.15. The van der Waals surface area contributed by atoms with Crippen LogP contribution >= 0.6 is 0 Å². The molecule has 0 spiro atoms. The maximum atomic E-state index is 12.9. The molecule has 1 aliphatic rings. The minimum Gasteiger partial charge on any atom is -0.444 e. The summed E-state index contributed by atoms with van der Waals surface area (Å²) in [5, 5.41) is 0. The Balaban J connectivity index is 1.80. The maximum Gasteiger partial charge on any atom is 0.413 e. The van der Waals surface area contributed by atoms with Gasteiger partial charge in [0.05, 0.1) is 0 Å². The predicted octanol–water partition coefficient (Wildman–Crippen LogP) is 3.98. The zero-order valence-electron chi connectivity index (χ0n) is 16.8. The van der Waals surface area contributed by atoms with Crippen LogP contribution in [0.1, 0.15) is 42.3 Å². The monoisotopic (exact) mass is 395 g/mol. The number of cyclic esters (lactones) is 1. The molecule has 0 radical (unpaired) electrons. The van der Waals surface area contributed by atoms with Crippen molar-refractivity contribution in [1.82, 2.24) is 4.90 Å². The van der Waals surface area contributed by atoms with Crippen LogP contribution in [-0.4, -0.2) is 35.5 Å². The molecule has 152 valence electrons. The highest BCUT2D eigenvalue weighted by Gasteiger charge is 2.50. The lowest BCUT2D eigenvalue weighted by Crippen LogP contribution is -2.48. The summed E-state index contributed by atoms with van der Waals surface area (Å²) >= 11 is 0. The Morgan fingerprint density at radius 1 is 1.07 bits per heavy atom. The van der Waals surface area contributed by atoms with Gasteiger partial charge in [-0.2, -0.15) is 0 Å². The minimum absolute atomic E-state index is 0.113. The second-order valence-corrected chi connectivity index (χ2v) is 8.18. The fourth-order valence-corrected chi connectivity index (χ4v) is 3.27. The van der Waals surface area contributed by atoms with Gasteiger partial charge in [0.2, 0.25) is 0 Å². The summed E-state index contributed by atoms with van der Waals surface area (Å²) in [7, 11) is 0. The summed E-state index contributed by atoms with van der Waals surface area (Å²) in [6.07, 6.45) is -0.270. The normalized spacial score (nSPS) is 19.0. The van der Waals surface area contributed by atoms with Crippen molar-refractivity contribution < 1.29 is 23.9 Å². The molecule has 1 heterocycles. The van der Waals surface area contributed by atoms with Crippen molar-refractivity contribution in [3.8, 4) is 0 Å². The second-order valence-electron chi connectivity index (χ2n) is 8.18. The molecule has 1 fully saturated rings. The van der Waals surface area contributed by atoms with E-state index in [1.807, 2.05) is 51.1 Å². The van der Waals surface area contributed by atoms with Crippen molar-refractivity contribution in [3.63, 3.8) is 0 Å². The number of carbonyl (C=O) groups is 3. The summed E-state index contributed by atoms with van der Waals surface area (Å²) < 4.78 is 11.1. The fraction of sp³-hybridized carbons (Fsp3) is 0.348. The van der Waals surface area contributed by atoms with Gasteiger partial charge in [0, 0.05) is 17.4 Å². The van der Waals surface area contributed by atoms with Crippen LogP contribution in [0.25, 0.3) is 0 Å². The minimum atomic E-state index is -0.787. The van der Waals surface area contributed by atoms with E-state index < -0.39 is 29.7 Å². The third-order valence-electron chi connectivity index (χ3n) is 4.79. The van der Waals surface area contributed by atoms with Crippen molar-refractivity contribution in [1.29, 1.82) is 0 Å². The Morgan fingerprint density at radius 3 is 2.31 bits per heavy atom. The largest absolute Gasteiger partial charge is 0.444 e. The molecule has 6 heteroatoms. The number of rotatable bonds is 5. The number of hydrogen-bond acceptors (Lipinski definition) is 5. The molecule has 0 aromatic heterocycles. The molecule has 29 heavy (non-hydrogen) atoms. The van der Waals surface area contributed by atoms with Crippen LogP contribution in [0.5, 0.6) is 0 Å². The smallest absolute Gasteiger partial charge is 0.413 e. The van der Waals surface area contributed by atoms with Crippen molar-refractivity contribution in [2.75, 3.05) is 0 Å². The first-order valence-corrected chi connectivity index (χ1v) is 9.53. The van der Waals surface area contributed by atoms with Gasteiger partial charge in [0.25, 0.3) is 0 Å². The van der Waals surface area contributed by atoms with E-state index in [9.17, 15) is 14.4 Å². The molecule has 1 aliphatic heterocycles. The maximum absolute atomic E-state index is 12.9. The lowest BCUT2D eigenvalue weighted by molar-refractivity contribution is -0.147. The van der Waals surface area contributed by atoms with Crippen LogP contribution in [0, 0.1) is 5.41 Å². The molecular formula is C23H25NO5. The zero-order chi connectivity index (χ0) is 21.0. The number of esters is 1. The van der Waals surface area contributed by atoms with Crippen molar-refractivity contribution in [2.24, 2.45) is 5.41 Å². The van der Waals surface area contributed by atoms with Crippen LogP contribution < -0.4 is 0 Å². The van der Waals surface area contributed by atoms with Gasteiger partial charge in [-0.15, -0.1) is 0 Å². The van der Waals surface area contributed by atoms with Crippen molar-refractivity contribution >= 4 is 18.3 Å². The van der Waals surface area contributed by atoms with Gasteiger partial charge < -0.3 is 9.47 Å². The number of nitrogens with zero attached hydrogens (tertiary/aromatic N) is 1. The van der Waals surface area contributed by atoms with Gasteiger partial charge in [-0.25, -0.2) is 9.59 Å². The average Bonchev–Trinajstić information content (AvgIpc) is 3.04. The van der Waals surface area contributed by atoms with Crippen LogP contribution in [0.3, 0.4) is 0 Å². The number of hydrogen-bond donors (Lipinski definition) is 0. The van der Waals surface area contributed by atoms with E-state index in [0.717, 1.165) is 17.4 Å². The van der Waals surface area contributed by atoms with E-state index >= 15 is 0 Å². The van der Waals surface area contributed by atoms with Gasteiger partial charge in [0.1, 0.15) is 18.9 Å². The quantitative estimate of drug-likeness (QED) is 0.566. The third kappa shape index (κ3) is 4.83. The molecule has 3 rings (SSSR count). The van der Waals surface area contributed by atoms with Gasteiger partial charge in [-0.05, 0) is 11.1 Å². The molecule has 0 saturated carbocycles. The Labute approximate surface area is 170 Å². The van der Waals surface area contributed by atoms with Gasteiger partial charge in [-0.1, -0.05) is 75.4 Å². The van der Waals surface area contributed by atoms with E-state index in [0.29, 0.717) is 5.56 Å². The molecule has 0 bridgehead atoms. The lowest BCUT2D eigenvalue weighted by Gasteiger charge is -2.33. The van der Waals surface area contributed by atoms with Crippen molar-refractivity contribution in [3.05, 3.63) is 71.3 Å². The number of benzene rings is 2. The number of ether oxygens (including phenoxy) is 2. The highest BCUT2D eigenvalue weighted by molar-refractivity contribution is 5.85. The zero-order valence-corrected chi connectivity index (χ0v) is 16.8. The standard InChI is InChI=1S/C23H25NO5/c1-23(2,3)21-24(22(27)28-15-18-7-5-4-6-8-18)19(20(26)29-21)13-16-9-11-17(14-25)12-10-16/h4-12,14,19,21H,13,15H2,1-3H3/t19-,21+/m1/s1. The van der Waals surface area contributed by atoms with Crippen LogP contribution in [0.15, 0.2) is 54.6 Å². The number of aldehydes is 1. The molecule has 1 amide bonds.